The third-order valence-electron chi connectivity index (χ3n) is 4.81. The second-order valence-corrected chi connectivity index (χ2v) is 9.48. The number of halogens is 1. The average molecular weight is 559 g/mol. The van der Waals surface area contributed by atoms with E-state index in [0.29, 0.717) is 5.02 Å². The Balaban J connectivity index is 0. The van der Waals surface area contributed by atoms with Crippen molar-refractivity contribution in [2.75, 3.05) is 33.2 Å². The van der Waals surface area contributed by atoms with Crippen LogP contribution in [-0.2, 0) is 11.2 Å². The summed E-state index contributed by atoms with van der Waals surface area (Å²) in [6, 6.07) is 5.53. The van der Waals surface area contributed by atoms with Gasteiger partial charge in [0.2, 0.25) is 0 Å². The van der Waals surface area contributed by atoms with Crippen LogP contribution in [0.5, 0.6) is 0 Å². The van der Waals surface area contributed by atoms with Gasteiger partial charge in [-0.2, -0.15) is 0 Å². The lowest BCUT2D eigenvalue weighted by Gasteiger charge is -2.30. The van der Waals surface area contributed by atoms with Crippen molar-refractivity contribution in [2.24, 2.45) is 16.5 Å². The van der Waals surface area contributed by atoms with E-state index in [2.05, 4.69) is 53.9 Å². The lowest BCUT2D eigenvalue weighted by molar-refractivity contribution is 0.0229. The smallest absolute Gasteiger partial charge is 0.410 e. The normalized spacial score (nSPS) is 13.4. The van der Waals surface area contributed by atoms with Crippen LogP contribution in [0, 0.1) is 12.8 Å². The number of carbonyl (C=O) groups is 1. The molecule has 0 bridgehead atoms. The highest BCUT2D eigenvalue weighted by Crippen LogP contribution is 2.25. The number of amides is 1. The quantitative estimate of drug-likeness (QED) is 0.159. The molecule has 8 nitrogen and oxygen atoms in total. The van der Waals surface area contributed by atoms with Crippen LogP contribution in [0.4, 0.5) is 4.79 Å². The Kier molecular flexibility index (Phi) is 21.7. The predicted octanol–water partition coefficient (Wildman–Crippen LogP) is 4.73. The monoisotopic (exact) mass is 558 g/mol. The standard InChI is InChI=1S/C17H22ClN3.C9H18N2O2.C2H5N.C2H2/c1-4-5-6-14-7-8-15(18)11-16(14)13(2)17(19)9-10-21-12-20-3;1-9(2,3)13-8(12)11-6-4-10-5-7-11;1-2-3;1-2/h4,7-12,17H,1-2,5-6,19H2,3H3,(H,20,21);10H,4-7H2,1-3H3;2H,1,3H2;1-2H/b10-9+;;;. The van der Waals surface area contributed by atoms with Gasteiger partial charge in [0.05, 0.1) is 6.34 Å². The number of piperazine rings is 1. The zero-order valence-corrected chi connectivity index (χ0v) is 24.7. The minimum Gasteiger partial charge on any atom is -0.444 e. The van der Waals surface area contributed by atoms with E-state index in [0.717, 1.165) is 50.2 Å². The molecule has 1 aliphatic heterocycles. The number of nitrogens with zero attached hydrogens (tertiary/aromatic N) is 2. The van der Waals surface area contributed by atoms with Gasteiger partial charge in [0, 0.05) is 44.3 Å². The van der Waals surface area contributed by atoms with Crippen LogP contribution in [0.1, 0.15) is 38.3 Å². The van der Waals surface area contributed by atoms with Crippen LogP contribution < -0.4 is 22.1 Å². The third-order valence-corrected chi connectivity index (χ3v) is 5.05. The predicted molar refractivity (Wildman–Crippen MR) is 169 cm³/mol. The molecule has 0 aromatic heterocycles. The fraction of sp³-hybridized carbons (Fsp3) is 0.400. The minimum atomic E-state index is -0.387. The Morgan fingerprint density at radius 1 is 1.31 bits per heavy atom. The summed E-state index contributed by atoms with van der Waals surface area (Å²) in [5.74, 6) is 0. The van der Waals surface area contributed by atoms with Crippen molar-refractivity contribution in [3.8, 4) is 12.8 Å². The summed E-state index contributed by atoms with van der Waals surface area (Å²) in [7, 11) is 1.69. The number of aryl methyl sites for hydroxylation is 1. The molecule has 0 spiro atoms. The number of carbonyl (C=O) groups excluding carboxylic acids is 1. The van der Waals surface area contributed by atoms with Gasteiger partial charge in [0.25, 0.3) is 0 Å². The van der Waals surface area contributed by atoms with E-state index in [1.165, 1.54) is 11.8 Å². The van der Waals surface area contributed by atoms with E-state index < -0.39 is 0 Å². The van der Waals surface area contributed by atoms with Crippen molar-refractivity contribution < 1.29 is 9.53 Å². The summed E-state index contributed by atoms with van der Waals surface area (Å²) in [6.45, 7) is 19.9. The zero-order chi connectivity index (χ0) is 30.3. The molecule has 1 aliphatic rings. The Hall–Kier alpha value is -3.51. The highest BCUT2D eigenvalue weighted by atomic mass is 35.5. The molecule has 0 aliphatic carbocycles. The molecule has 1 aromatic rings. The largest absolute Gasteiger partial charge is 0.444 e. The van der Waals surface area contributed by atoms with Crippen LogP contribution in [0.2, 0.25) is 5.02 Å². The van der Waals surface area contributed by atoms with Crippen molar-refractivity contribution in [1.29, 1.82) is 0 Å². The molecule has 2 rings (SSSR count). The highest BCUT2D eigenvalue weighted by Gasteiger charge is 2.22. The molecular formula is C30H47ClN6O2. The zero-order valence-electron chi connectivity index (χ0n) is 24.0. The summed E-state index contributed by atoms with van der Waals surface area (Å²) in [5.41, 5.74) is 13.4. The van der Waals surface area contributed by atoms with Gasteiger partial charge in [-0.1, -0.05) is 36.9 Å². The number of nitrogens with two attached hydrogens (primary N) is 2. The van der Waals surface area contributed by atoms with Gasteiger partial charge < -0.3 is 31.7 Å². The van der Waals surface area contributed by atoms with Crippen LogP contribution in [0.15, 0.2) is 67.5 Å². The van der Waals surface area contributed by atoms with Crippen LogP contribution >= 0.6 is 11.6 Å². The lowest BCUT2D eigenvalue weighted by Crippen LogP contribution is -2.48. The summed E-state index contributed by atoms with van der Waals surface area (Å²) < 4.78 is 5.24. The van der Waals surface area contributed by atoms with E-state index in [-0.39, 0.29) is 17.7 Å². The van der Waals surface area contributed by atoms with Gasteiger partial charge in [-0.15, -0.1) is 19.4 Å². The molecule has 1 aromatic carbocycles. The van der Waals surface area contributed by atoms with Crippen LogP contribution in [-0.4, -0.2) is 62.2 Å². The maximum Gasteiger partial charge on any atom is 0.410 e. The number of benzene rings is 1. The van der Waals surface area contributed by atoms with E-state index in [1.807, 2.05) is 51.1 Å². The van der Waals surface area contributed by atoms with Gasteiger partial charge in [-0.05, 0) is 80.9 Å². The van der Waals surface area contributed by atoms with E-state index >= 15 is 0 Å². The molecule has 1 saturated heterocycles. The third kappa shape index (κ3) is 18.4. The fourth-order valence-electron chi connectivity index (χ4n) is 3.07. The van der Waals surface area contributed by atoms with E-state index in [4.69, 9.17) is 22.1 Å². The summed E-state index contributed by atoms with van der Waals surface area (Å²) in [6.07, 6.45) is 17.9. The number of aliphatic imine (C=N–C) groups is 1. The number of hydrogen-bond acceptors (Lipinski definition) is 6. The molecule has 1 unspecified atom stereocenters. The van der Waals surface area contributed by atoms with E-state index in [9.17, 15) is 4.79 Å². The van der Waals surface area contributed by atoms with Crippen molar-refractivity contribution in [2.45, 2.75) is 45.3 Å². The maximum absolute atomic E-state index is 11.5. The molecule has 216 valence electrons. The highest BCUT2D eigenvalue weighted by molar-refractivity contribution is 6.30. The average Bonchev–Trinajstić information content (AvgIpc) is 2.91. The molecule has 1 heterocycles. The van der Waals surface area contributed by atoms with Gasteiger partial charge in [-0.3, -0.25) is 4.99 Å². The van der Waals surface area contributed by atoms with Gasteiger partial charge in [0.1, 0.15) is 5.60 Å². The lowest BCUT2D eigenvalue weighted by atomic mass is 9.93. The van der Waals surface area contributed by atoms with Crippen LogP contribution in [0.25, 0.3) is 5.57 Å². The van der Waals surface area contributed by atoms with Crippen LogP contribution in [0.3, 0.4) is 0 Å². The molecule has 0 saturated carbocycles. The summed E-state index contributed by atoms with van der Waals surface area (Å²) in [4.78, 5) is 17.0. The number of hydrogen-bond donors (Lipinski definition) is 4. The Morgan fingerprint density at radius 3 is 2.41 bits per heavy atom. The molecule has 6 N–H and O–H groups in total. The van der Waals surface area contributed by atoms with Gasteiger partial charge in [0.15, 0.2) is 0 Å². The fourth-order valence-corrected chi connectivity index (χ4v) is 3.24. The Labute approximate surface area is 240 Å². The minimum absolute atomic E-state index is 0.200. The maximum atomic E-state index is 11.5. The molecular weight excluding hydrogens is 512 g/mol. The van der Waals surface area contributed by atoms with Crippen molar-refractivity contribution in [3.05, 3.63) is 78.6 Å². The first-order valence-corrected chi connectivity index (χ1v) is 12.9. The number of ether oxygens (including phenoxy) is 1. The number of nitrogens with one attached hydrogen (secondary N) is 2. The summed E-state index contributed by atoms with van der Waals surface area (Å²) >= 11 is 6.10. The molecule has 9 heteroatoms. The SMILES string of the molecule is C#C.C=CCCc1ccc(Cl)cc1C(=C)C(N)/C=C/NC=NC.C=CN.CC(C)(C)OC(=O)N1CCNCC1. The van der Waals surface area contributed by atoms with Gasteiger partial charge >= 0.3 is 6.09 Å². The first-order valence-electron chi connectivity index (χ1n) is 12.5. The molecule has 1 amide bonds. The Bertz CT molecular complexity index is 945. The van der Waals surface area contributed by atoms with Gasteiger partial charge in [-0.25, -0.2) is 4.79 Å². The Morgan fingerprint density at radius 2 is 1.90 bits per heavy atom. The van der Waals surface area contributed by atoms with Crippen molar-refractivity contribution in [1.82, 2.24) is 15.5 Å². The second kappa shape index (κ2) is 22.5. The second-order valence-electron chi connectivity index (χ2n) is 9.05. The summed E-state index contributed by atoms with van der Waals surface area (Å²) in [5, 5.41) is 6.76. The molecule has 1 atom stereocenters. The number of allylic oxidation sites excluding steroid dienone is 1. The van der Waals surface area contributed by atoms with Crippen molar-refractivity contribution in [3.63, 3.8) is 0 Å². The first-order chi connectivity index (χ1) is 18.5. The molecule has 0 radical (unpaired) electrons. The topological polar surface area (TPSA) is 118 Å². The number of rotatable bonds is 8. The molecule has 1 fully saturated rings. The molecule has 39 heavy (non-hydrogen) atoms. The van der Waals surface area contributed by atoms with E-state index in [1.54, 1.807) is 24.5 Å². The van der Waals surface area contributed by atoms with Crippen molar-refractivity contribution >= 4 is 29.6 Å². The number of terminal acetylenes is 1. The first kappa shape index (κ1) is 37.6.